The zero-order valence-electron chi connectivity index (χ0n) is 13.7. The van der Waals surface area contributed by atoms with Crippen molar-refractivity contribution in [3.63, 3.8) is 0 Å². The summed E-state index contributed by atoms with van der Waals surface area (Å²) in [6.07, 6.45) is -4.99. The van der Waals surface area contributed by atoms with Crippen LogP contribution in [0.1, 0.15) is 12.5 Å². The number of ether oxygens (including phenoxy) is 2. The lowest BCUT2D eigenvalue weighted by Crippen LogP contribution is -2.51. The maximum Gasteiger partial charge on any atom is 0.419 e. The van der Waals surface area contributed by atoms with E-state index in [0.717, 1.165) is 6.07 Å². The lowest BCUT2D eigenvalue weighted by atomic mass is 10.2. The quantitative estimate of drug-likeness (QED) is 0.827. The molecule has 1 fully saturated rings. The second kappa shape index (κ2) is 8.09. The number of carbonyl (C=O) groups is 2. The highest BCUT2D eigenvalue weighted by Crippen LogP contribution is 2.35. The van der Waals surface area contributed by atoms with E-state index in [2.05, 4.69) is 0 Å². The van der Waals surface area contributed by atoms with Gasteiger partial charge in [-0.2, -0.15) is 13.2 Å². The molecule has 2 rings (SSSR count). The highest BCUT2D eigenvalue weighted by Gasteiger charge is 2.34. The lowest BCUT2D eigenvalue weighted by Gasteiger charge is -2.34. The van der Waals surface area contributed by atoms with Gasteiger partial charge >= 0.3 is 12.3 Å². The molecule has 1 aliphatic heterocycles. The standard InChI is InChI=1S/C16H19F3N2O4/c1-2-24-15(23)21-9-7-20(8-10-21)14(22)11-25-13-6-4-3-5-12(13)16(17,18)19/h3-6H,2,7-11H2,1H3. The number of nitrogens with zero attached hydrogens (tertiary/aromatic N) is 2. The third-order valence-electron chi connectivity index (χ3n) is 3.70. The Labute approximate surface area is 143 Å². The summed E-state index contributed by atoms with van der Waals surface area (Å²) in [6, 6.07) is 4.74. The largest absolute Gasteiger partial charge is 0.483 e. The van der Waals surface area contributed by atoms with Crippen molar-refractivity contribution < 1.29 is 32.2 Å². The van der Waals surface area contributed by atoms with E-state index in [-0.39, 0.29) is 25.4 Å². The van der Waals surface area contributed by atoms with Gasteiger partial charge < -0.3 is 19.3 Å². The Bertz CT molecular complexity index is 614. The van der Waals surface area contributed by atoms with Gasteiger partial charge in [0.1, 0.15) is 5.75 Å². The predicted molar refractivity (Wildman–Crippen MR) is 82.1 cm³/mol. The molecule has 0 aliphatic carbocycles. The number of halogens is 3. The molecule has 1 heterocycles. The molecule has 1 aliphatic rings. The predicted octanol–water partition coefficient (Wildman–Crippen LogP) is 2.38. The number of rotatable bonds is 4. The van der Waals surface area contributed by atoms with Crippen molar-refractivity contribution in [3.05, 3.63) is 29.8 Å². The van der Waals surface area contributed by atoms with Gasteiger partial charge in [-0.3, -0.25) is 4.79 Å². The van der Waals surface area contributed by atoms with Gasteiger partial charge in [0, 0.05) is 26.2 Å². The van der Waals surface area contributed by atoms with Gasteiger partial charge in [0.15, 0.2) is 6.61 Å². The van der Waals surface area contributed by atoms with Gasteiger partial charge in [-0.25, -0.2) is 4.79 Å². The summed E-state index contributed by atoms with van der Waals surface area (Å²) in [5.74, 6) is -0.811. The molecule has 2 amide bonds. The van der Waals surface area contributed by atoms with E-state index < -0.39 is 30.3 Å². The summed E-state index contributed by atoms with van der Waals surface area (Å²) < 4.78 is 48.6. The lowest BCUT2D eigenvalue weighted by molar-refractivity contribution is -0.141. The molecular formula is C16H19F3N2O4. The molecule has 0 unspecified atom stereocenters. The molecule has 9 heteroatoms. The zero-order chi connectivity index (χ0) is 18.4. The van der Waals surface area contributed by atoms with Crippen LogP contribution < -0.4 is 4.74 Å². The van der Waals surface area contributed by atoms with Crippen LogP contribution in [0.3, 0.4) is 0 Å². The molecule has 0 aromatic heterocycles. The molecule has 138 valence electrons. The minimum absolute atomic E-state index is 0.268. The summed E-state index contributed by atoms with van der Waals surface area (Å²) in [7, 11) is 0. The monoisotopic (exact) mass is 360 g/mol. The molecule has 0 atom stereocenters. The average Bonchev–Trinajstić information content (AvgIpc) is 2.59. The van der Waals surface area contributed by atoms with Crippen LogP contribution in [0.25, 0.3) is 0 Å². The number of hydrogen-bond acceptors (Lipinski definition) is 4. The van der Waals surface area contributed by atoms with Gasteiger partial charge in [0.2, 0.25) is 0 Å². The van der Waals surface area contributed by atoms with Crippen molar-refractivity contribution >= 4 is 12.0 Å². The molecule has 25 heavy (non-hydrogen) atoms. The number of hydrogen-bond donors (Lipinski definition) is 0. The van der Waals surface area contributed by atoms with Crippen LogP contribution >= 0.6 is 0 Å². The van der Waals surface area contributed by atoms with Crippen LogP contribution in [0.2, 0.25) is 0 Å². The maximum atomic E-state index is 12.9. The van der Waals surface area contributed by atoms with Crippen molar-refractivity contribution in [1.82, 2.24) is 9.80 Å². The molecule has 0 radical (unpaired) electrons. The van der Waals surface area contributed by atoms with E-state index in [1.807, 2.05) is 0 Å². The number of carbonyl (C=O) groups excluding carboxylic acids is 2. The highest BCUT2D eigenvalue weighted by molar-refractivity contribution is 5.78. The van der Waals surface area contributed by atoms with Crippen molar-refractivity contribution in [3.8, 4) is 5.75 Å². The van der Waals surface area contributed by atoms with Crippen LogP contribution in [0, 0.1) is 0 Å². The fourth-order valence-corrected chi connectivity index (χ4v) is 2.41. The van der Waals surface area contributed by atoms with Crippen molar-refractivity contribution in [2.45, 2.75) is 13.1 Å². The summed E-state index contributed by atoms with van der Waals surface area (Å²) in [6.45, 7) is 2.65. The van der Waals surface area contributed by atoms with E-state index in [1.165, 1.54) is 28.0 Å². The minimum Gasteiger partial charge on any atom is -0.483 e. The normalized spacial score (nSPS) is 15.0. The Morgan fingerprint density at radius 3 is 2.28 bits per heavy atom. The first-order chi connectivity index (χ1) is 11.8. The van der Waals surface area contributed by atoms with E-state index >= 15 is 0 Å². The van der Waals surface area contributed by atoms with E-state index in [9.17, 15) is 22.8 Å². The fraction of sp³-hybridized carbons (Fsp3) is 0.500. The average molecular weight is 360 g/mol. The Morgan fingerprint density at radius 1 is 1.08 bits per heavy atom. The topological polar surface area (TPSA) is 59.1 Å². The first-order valence-electron chi connectivity index (χ1n) is 7.81. The van der Waals surface area contributed by atoms with Gasteiger partial charge in [-0.1, -0.05) is 12.1 Å². The molecule has 1 aromatic rings. The molecule has 0 N–H and O–H groups in total. The smallest absolute Gasteiger partial charge is 0.419 e. The van der Waals surface area contributed by atoms with Gasteiger partial charge in [-0.05, 0) is 19.1 Å². The fourth-order valence-electron chi connectivity index (χ4n) is 2.41. The Balaban J connectivity index is 1.87. The molecule has 0 bridgehead atoms. The van der Waals surface area contributed by atoms with Crippen molar-refractivity contribution in [2.24, 2.45) is 0 Å². The van der Waals surface area contributed by atoms with Crippen LogP contribution in [0.4, 0.5) is 18.0 Å². The van der Waals surface area contributed by atoms with Crippen molar-refractivity contribution in [2.75, 3.05) is 39.4 Å². The molecule has 1 saturated heterocycles. The van der Waals surface area contributed by atoms with Crippen molar-refractivity contribution in [1.29, 1.82) is 0 Å². The summed E-state index contributed by atoms with van der Waals surface area (Å²) >= 11 is 0. The molecule has 6 nitrogen and oxygen atoms in total. The molecule has 0 saturated carbocycles. The highest BCUT2D eigenvalue weighted by atomic mass is 19.4. The first kappa shape index (κ1) is 18.9. The van der Waals surface area contributed by atoms with E-state index in [4.69, 9.17) is 9.47 Å². The number of benzene rings is 1. The third-order valence-corrected chi connectivity index (χ3v) is 3.70. The third kappa shape index (κ3) is 5.01. The minimum atomic E-state index is -4.55. The summed E-state index contributed by atoms with van der Waals surface area (Å²) in [5.41, 5.74) is -0.921. The second-order valence-corrected chi connectivity index (χ2v) is 5.35. The van der Waals surface area contributed by atoms with Gasteiger partial charge in [0.05, 0.1) is 12.2 Å². The summed E-state index contributed by atoms with van der Waals surface area (Å²) in [4.78, 5) is 26.6. The van der Waals surface area contributed by atoms with Gasteiger partial charge in [-0.15, -0.1) is 0 Å². The number of amides is 2. The second-order valence-electron chi connectivity index (χ2n) is 5.35. The van der Waals surface area contributed by atoms with E-state index in [0.29, 0.717) is 13.1 Å². The summed E-state index contributed by atoms with van der Waals surface area (Å²) in [5, 5.41) is 0. The molecule has 0 spiro atoms. The van der Waals surface area contributed by atoms with Crippen LogP contribution in [-0.2, 0) is 15.7 Å². The van der Waals surface area contributed by atoms with E-state index in [1.54, 1.807) is 6.92 Å². The maximum absolute atomic E-state index is 12.9. The van der Waals surface area contributed by atoms with Crippen LogP contribution in [0.5, 0.6) is 5.75 Å². The number of para-hydroxylation sites is 1. The Hall–Kier alpha value is -2.45. The SMILES string of the molecule is CCOC(=O)N1CCN(C(=O)COc2ccccc2C(F)(F)F)CC1. The zero-order valence-corrected chi connectivity index (χ0v) is 13.7. The molecule has 1 aromatic carbocycles. The first-order valence-corrected chi connectivity index (χ1v) is 7.81. The van der Waals surface area contributed by atoms with Gasteiger partial charge in [0.25, 0.3) is 5.91 Å². The number of alkyl halides is 3. The van der Waals surface area contributed by atoms with Crippen LogP contribution in [0.15, 0.2) is 24.3 Å². The number of piperazine rings is 1. The Morgan fingerprint density at radius 2 is 1.68 bits per heavy atom. The molecular weight excluding hydrogens is 341 g/mol. The van der Waals surface area contributed by atoms with Crippen LogP contribution in [-0.4, -0.2) is 61.2 Å². The Kier molecular flexibility index (Phi) is 6.11.